The molecule has 1 N–H and O–H groups in total. The van der Waals surface area contributed by atoms with E-state index in [1.807, 2.05) is 45.0 Å². The second-order valence-corrected chi connectivity index (χ2v) is 7.97. The number of carbonyl (C=O) groups excluding carboxylic acids is 1. The molecule has 0 bridgehead atoms. The van der Waals surface area contributed by atoms with Gasteiger partial charge in [0.25, 0.3) is 5.91 Å². The van der Waals surface area contributed by atoms with Crippen molar-refractivity contribution in [2.75, 3.05) is 0 Å². The van der Waals surface area contributed by atoms with Crippen LogP contribution in [0.3, 0.4) is 0 Å². The summed E-state index contributed by atoms with van der Waals surface area (Å²) >= 11 is 3.13. The van der Waals surface area contributed by atoms with E-state index in [1.165, 1.54) is 0 Å². The Balaban J connectivity index is 1.91. The van der Waals surface area contributed by atoms with Crippen LogP contribution in [0.2, 0.25) is 0 Å². The lowest BCUT2D eigenvalue weighted by atomic mass is 10.1. The molecule has 0 saturated heterocycles. The number of carbonyl (C=O) groups is 1. The van der Waals surface area contributed by atoms with Crippen LogP contribution < -0.4 is 5.32 Å². The highest BCUT2D eigenvalue weighted by Gasteiger charge is 2.21. The van der Waals surface area contributed by atoms with E-state index in [-0.39, 0.29) is 11.9 Å². The van der Waals surface area contributed by atoms with Crippen LogP contribution in [0, 0.1) is 6.92 Å². The van der Waals surface area contributed by atoms with Crippen molar-refractivity contribution in [2.45, 2.75) is 43.3 Å². The Hall–Kier alpha value is -1.86. The molecule has 1 amide bonds. The van der Waals surface area contributed by atoms with Crippen molar-refractivity contribution in [2.24, 2.45) is 0 Å². The molecular formula is C17H19N3O2S2. The number of hydrogen-bond acceptors (Lipinski definition) is 6. The minimum absolute atomic E-state index is 0.108. The Morgan fingerprint density at radius 3 is 2.88 bits per heavy atom. The molecule has 3 rings (SSSR count). The number of fused-ring (bicyclic) bond motifs is 1. The van der Waals surface area contributed by atoms with Crippen LogP contribution in [0.15, 0.2) is 33.0 Å². The van der Waals surface area contributed by atoms with Gasteiger partial charge in [0.15, 0.2) is 10.1 Å². The van der Waals surface area contributed by atoms with E-state index >= 15 is 0 Å². The van der Waals surface area contributed by atoms with E-state index in [0.29, 0.717) is 11.5 Å². The van der Waals surface area contributed by atoms with Gasteiger partial charge in [0.1, 0.15) is 10.6 Å². The number of benzene rings is 1. The Morgan fingerprint density at radius 1 is 1.38 bits per heavy atom. The van der Waals surface area contributed by atoms with Crippen LogP contribution in [0.4, 0.5) is 0 Å². The van der Waals surface area contributed by atoms with Gasteiger partial charge in [-0.3, -0.25) is 4.79 Å². The molecule has 0 radical (unpaired) electrons. The van der Waals surface area contributed by atoms with Crippen molar-refractivity contribution < 1.29 is 9.21 Å². The average molecular weight is 361 g/mol. The highest BCUT2D eigenvalue weighted by atomic mass is 32.2. The summed E-state index contributed by atoms with van der Waals surface area (Å²) in [4.78, 5) is 12.6. The van der Waals surface area contributed by atoms with Crippen molar-refractivity contribution in [1.29, 1.82) is 0 Å². The number of nitrogens with one attached hydrogen (secondary N) is 1. The summed E-state index contributed by atoms with van der Waals surface area (Å²) in [6, 6.07) is 7.85. The minimum Gasteiger partial charge on any atom is -0.451 e. The van der Waals surface area contributed by atoms with Gasteiger partial charge in [0, 0.05) is 22.7 Å². The van der Waals surface area contributed by atoms with Crippen molar-refractivity contribution >= 4 is 40.0 Å². The normalized spacial score (nSPS) is 12.5. The van der Waals surface area contributed by atoms with Gasteiger partial charge in [0.2, 0.25) is 0 Å². The number of nitrogens with zero attached hydrogens (tertiary/aromatic N) is 2. The minimum atomic E-state index is -0.162. The zero-order chi connectivity index (χ0) is 17.1. The third-order valence-electron chi connectivity index (χ3n) is 3.74. The third kappa shape index (κ3) is 3.62. The number of aryl methyl sites for hydroxylation is 1. The van der Waals surface area contributed by atoms with Gasteiger partial charge in [-0.15, -0.1) is 10.2 Å². The molecule has 0 aliphatic heterocycles. The summed E-state index contributed by atoms with van der Waals surface area (Å²) in [7, 11) is 0. The number of aromatic nitrogens is 2. The fourth-order valence-electron chi connectivity index (χ4n) is 2.29. The Bertz CT molecular complexity index is 857. The van der Waals surface area contributed by atoms with Crippen LogP contribution in [0.25, 0.3) is 11.0 Å². The summed E-state index contributed by atoms with van der Waals surface area (Å²) < 4.78 is 6.74. The van der Waals surface area contributed by atoms with Crippen molar-refractivity contribution in [3.63, 3.8) is 0 Å². The van der Waals surface area contributed by atoms with E-state index in [2.05, 4.69) is 15.5 Å². The molecule has 5 nitrogen and oxygen atoms in total. The summed E-state index contributed by atoms with van der Waals surface area (Å²) in [5.74, 6) is 0.851. The Kier molecular flexibility index (Phi) is 5.20. The van der Waals surface area contributed by atoms with Gasteiger partial charge >= 0.3 is 0 Å². The molecule has 2 heterocycles. The van der Waals surface area contributed by atoms with Gasteiger partial charge in [-0.1, -0.05) is 48.2 Å². The zero-order valence-electron chi connectivity index (χ0n) is 13.8. The van der Waals surface area contributed by atoms with Gasteiger partial charge in [-0.25, -0.2) is 0 Å². The Labute approximate surface area is 148 Å². The largest absolute Gasteiger partial charge is 0.451 e. The molecule has 0 aliphatic carbocycles. The molecule has 0 fully saturated rings. The number of para-hydroxylation sites is 1. The molecule has 1 unspecified atom stereocenters. The van der Waals surface area contributed by atoms with Crippen molar-refractivity contribution in [1.82, 2.24) is 15.5 Å². The maximum atomic E-state index is 12.6. The summed E-state index contributed by atoms with van der Waals surface area (Å²) in [5, 5.41) is 13.1. The summed E-state index contributed by atoms with van der Waals surface area (Å²) in [6.45, 7) is 5.96. The monoisotopic (exact) mass is 361 g/mol. The summed E-state index contributed by atoms with van der Waals surface area (Å²) in [5.41, 5.74) is 1.64. The lowest BCUT2D eigenvalue weighted by molar-refractivity contribution is 0.0912. The molecule has 1 atom stereocenters. The molecule has 0 aliphatic rings. The second-order valence-electron chi connectivity index (χ2n) is 5.56. The third-order valence-corrected chi connectivity index (χ3v) is 5.74. The molecule has 3 aromatic rings. The quantitative estimate of drug-likeness (QED) is 0.659. The predicted molar refractivity (Wildman–Crippen MR) is 97.6 cm³/mol. The maximum Gasteiger partial charge on any atom is 0.287 e. The van der Waals surface area contributed by atoms with Crippen LogP contribution >= 0.6 is 23.1 Å². The molecule has 0 saturated carbocycles. The molecule has 7 heteroatoms. The fraction of sp³-hybridized carbons (Fsp3) is 0.353. The molecule has 1 aromatic carbocycles. The zero-order valence-corrected chi connectivity index (χ0v) is 15.5. The fourth-order valence-corrected chi connectivity index (χ4v) is 4.13. The first-order chi connectivity index (χ1) is 11.6. The number of hydrogen-bond donors (Lipinski definition) is 1. The van der Waals surface area contributed by atoms with E-state index in [0.717, 1.165) is 32.3 Å². The lowest BCUT2D eigenvalue weighted by Gasteiger charge is -2.10. The van der Waals surface area contributed by atoms with Crippen LogP contribution in [-0.2, 0) is 5.75 Å². The lowest BCUT2D eigenvalue weighted by Crippen LogP contribution is -2.32. The van der Waals surface area contributed by atoms with Gasteiger partial charge < -0.3 is 9.73 Å². The number of furan rings is 1. The second kappa shape index (κ2) is 7.36. The first-order valence-corrected chi connectivity index (χ1v) is 9.63. The Morgan fingerprint density at radius 2 is 2.17 bits per heavy atom. The van der Waals surface area contributed by atoms with E-state index in [4.69, 9.17) is 4.42 Å². The number of rotatable bonds is 6. The topological polar surface area (TPSA) is 68.0 Å². The maximum absolute atomic E-state index is 12.6. The molecule has 2 aromatic heterocycles. The molecule has 0 spiro atoms. The van der Waals surface area contributed by atoms with Crippen LogP contribution in [0.1, 0.15) is 41.4 Å². The highest BCUT2D eigenvalue weighted by molar-refractivity contribution is 8.00. The van der Waals surface area contributed by atoms with Crippen LogP contribution in [-0.4, -0.2) is 22.1 Å². The van der Waals surface area contributed by atoms with E-state index < -0.39 is 0 Å². The number of amides is 1. The van der Waals surface area contributed by atoms with Gasteiger partial charge in [-0.2, -0.15) is 0 Å². The first kappa shape index (κ1) is 17.0. The van der Waals surface area contributed by atoms with Gasteiger partial charge in [0.05, 0.1) is 0 Å². The van der Waals surface area contributed by atoms with Gasteiger partial charge in [-0.05, 0) is 26.3 Å². The standard InChI is InChI=1S/C17H19N3O2S2/c1-4-10(2)18-16(21)15-13(9-23-17-20-19-11(3)24-17)12-7-5-6-8-14(12)22-15/h5-8,10H,4,9H2,1-3H3,(H,18,21). The average Bonchev–Trinajstić information content (AvgIpc) is 3.16. The van der Waals surface area contributed by atoms with E-state index in [9.17, 15) is 4.79 Å². The smallest absolute Gasteiger partial charge is 0.287 e. The van der Waals surface area contributed by atoms with Crippen molar-refractivity contribution in [3.8, 4) is 0 Å². The molecule has 24 heavy (non-hydrogen) atoms. The van der Waals surface area contributed by atoms with E-state index in [1.54, 1.807) is 23.1 Å². The predicted octanol–water partition coefficient (Wildman–Crippen LogP) is 4.41. The van der Waals surface area contributed by atoms with Crippen molar-refractivity contribution in [3.05, 3.63) is 40.6 Å². The molecular weight excluding hydrogens is 342 g/mol. The van der Waals surface area contributed by atoms with Crippen LogP contribution in [0.5, 0.6) is 0 Å². The molecule has 126 valence electrons. The SMILES string of the molecule is CCC(C)NC(=O)c1oc2ccccc2c1CSc1nnc(C)s1. The summed E-state index contributed by atoms with van der Waals surface area (Å²) in [6.07, 6.45) is 0.875. The number of thioether (sulfide) groups is 1. The first-order valence-electron chi connectivity index (χ1n) is 7.82. The highest BCUT2D eigenvalue weighted by Crippen LogP contribution is 2.33.